The third kappa shape index (κ3) is 6.43. The molecule has 1 aromatic carbocycles. The van der Waals surface area contributed by atoms with E-state index in [1.165, 1.54) is 11.5 Å². The molecule has 0 heterocycles. The van der Waals surface area contributed by atoms with E-state index in [0.29, 0.717) is 0 Å². The van der Waals surface area contributed by atoms with Crippen LogP contribution in [0.5, 0.6) is 0 Å². The predicted octanol–water partition coefficient (Wildman–Crippen LogP) is 2.98. The molecule has 0 aromatic heterocycles. The molecule has 1 atom stereocenters. The zero-order valence-corrected chi connectivity index (χ0v) is 12.4. The standard InChI is InChI=1S/C13H14N.C5H5.Fe/c14-13(12-8-4-5-9-12)10-11-6-2-1-3-7-11;1-2-4-5-3-1;/h1-9,13H,10,14H2;1-5H;. The largest absolute Gasteiger partial charge is 0.327 e. The van der Waals surface area contributed by atoms with Gasteiger partial charge in [-0.1, -0.05) is 30.3 Å². The van der Waals surface area contributed by atoms with Crippen LogP contribution in [-0.4, -0.2) is 6.04 Å². The van der Waals surface area contributed by atoms with Gasteiger partial charge in [0.05, 0.1) is 0 Å². The Morgan fingerprint density at radius 2 is 1.25 bits per heavy atom. The first-order chi connectivity index (χ1) is 9.36. The number of benzene rings is 1. The fourth-order valence-corrected chi connectivity index (χ4v) is 1.94. The van der Waals surface area contributed by atoms with Crippen LogP contribution in [0, 0.1) is 63.7 Å². The van der Waals surface area contributed by atoms with E-state index in [9.17, 15) is 0 Å². The Bertz CT molecular complexity index is 321. The normalized spacial score (nSPS) is 19.9. The molecule has 10 radical (unpaired) electrons. The summed E-state index contributed by atoms with van der Waals surface area (Å²) in [6, 6.07) is 10.5. The number of hydrogen-bond acceptors (Lipinski definition) is 1. The average molecular weight is 305 g/mol. The quantitative estimate of drug-likeness (QED) is 0.854. The van der Waals surface area contributed by atoms with Crippen LogP contribution in [0.4, 0.5) is 0 Å². The van der Waals surface area contributed by atoms with Gasteiger partial charge in [0.1, 0.15) is 0 Å². The minimum atomic E-state index is 0. The van der Waals surface area contributed by atoms with Crippen LogP contribution in [0.25, 0.3) is 0 Å². The van der Waals surface area contributed by atoms with Gasteiger partial charge >= 0.3 is 0 Å². The summed E-state index contributed by atoms with van der Waals surface area (Å²) < 4.78 is 0. The molecule has 0 spiro atoms. The number of hydrogen-bond donors (Lipinski definition) is 1. The second kappa shape index (κ2) is 10.4. The third-order valence-corrected chi connectivity index (χ3v) is 2.97. The van der Waals surface area contributed by atoms with E-state index in [0.717, 1.165) is 6.42 Å². The first-order valence-electron chi connectivity index (χ1n) is 6.54. The monoisotopic (exact) mass is 305 g/mol. The maximum Gasteiger partial charge on any atom is 0.0148 e. The molecule has 2 saturated carbocycles. The maximum atomic E-state index is 6.07. The van der Waals surface area contributed by atoms with E-state index in [1.54, 1.807) is 0 Å². The van der Waals surface area contributed by atoms with Gasteiger partial charge in [0.2, 0.25) is 0 Å². The maximum absolute atomic E-state index is 6.07. The molecule has 2 N–H and O–H groups in total. The Balaban J connectivity index is 0.000000283. The zero-order chi connectivity index (χ0) is 13.3. The molecule has 20 heavy (non-hydrogen) atoms. The van der Waals surface area contributed by atoms with E-state index >= 15 is 0 Å². The fraction of sp³-hybridized carbons (Fsp3) is 0.111. The van der Waals surface area contributed by atoms with Crippen molar-refractivity contribution in [3.63, 3.8) is 0 Å². The summed E-state index contributed by atoms with van der Waals surface area (Å²) in [7, 11) is 0. The fourth-order valence-electron chi connectivity index (χ4n) is 1.94. The van der Waals surface area contributed by atoms with E-state index in [1.807, 2.05) is 63.1 Å². The first kappa shape index (κ1) is 17.8. The van der Waals surface area contributed by atoms with E-state index in [-0.39, 0.29) is 23.1 Å². The minimum absolute atomic E-state index is 0. The summed E-state index contributed by atoms with van der Waals surface area (Å²) in [5, 5.41) is 0. The van der Waals surface area contributed by atoms with Crippen LogP contribution in [-0.2, 0) is 23.5 Å². The minimum Gasteiger partial charge on any atom is -0.327 e. The molecule has 1 nitrogen and oxygen atoms in total. The van der Waals surface area contributed by atoms with Crippen molar-refractivity contribution in [1.29, 1.82) is 0 Å². The van der Waals surface area contributed by atoms with Gasteiger partial charge in [0, 0.05) is 29.0 Å². The first-order valence-corrected chi connectivity index (χ1v) is 6.54. The molecule has 3 rings (SSSR count). The van der Waals surface area contributed by atoms with Crippen molar-refractivity contribution in [3.05, 3.63) is 99.6 Å². The van der Waals surface area contributed by atoms with Gasteiger partial charge in [-0.05, 0) is 69.8 Å². The molecular weight excluding hydrogens is 286 g/mol. The second-order valence-electron chi connectivity index (χ2n) is 4.48. The number of nitrogens with two attached hydrogens (primary N) is 1. The SMILES string of the molecule is NC(Cc1ccccc1)[C]1[CH][CH][CH][CH]1.[CH]1[CH][CH][CH][CH]1.[Fe]. The Hall–Kier alpha value is -0.301. The smallest absolute Gasteiger partial charge is 0.0148 e. The van der Waals surface area contributed by atoms with Gasteiger partial charge < -0.3 is 5.73 Å². The van der Waals surface area contributed by atoms with Crippen molar-refractivity contribution in [3.8, 4) is 0 Å². The van der Waals surface area contributed by atoms with Crippen molar-refractivity contribution in [2.24, 2.45) is 5.73 Å². The van der Waals surface area contributed by atoms with Crippen molar-refractivity contribution in [2.45, 2.75) is 12.5 Å². The van der Waals surface area contributed by atoms with Crippen molar-refractivity contribution in [1.82, 2.24) is 0 Å². The molecule has 0 amide bonds. The Morgan fingerprint density at radius 3 is 1.75 bits per heavy atom. The van der Waals surface area contributed by atoms with Gasteiger partial charge in [0.25, 0.3) is 0 Å². The summed E-state index contributed by atoms with van der Waals surface area (Å²) >= 11 is 0. The van der Waals surface area contributed by atoms with Gasteiger partial charge in [-0.2, -0.15) is 0 Å². The van der Waals surface area contributed by atoms with E-state index < -0.39 is 0 Å². The van der Waals surface area contributed by atoms with Gasteiger partial charge in [-0.25, -0.2) is 0 Å². The summed E-state index contributed by atoms with van der Waals surface area (Å²) in [6.45, 7) is 0. The van der Waals surface area contributed by atoms with Gasteiger partial charge in [-0.15, -0.1) is 0 Å². The Labute approximate surface area is 135 Å². The molecule has 2 aliphatic carbocycles. The third-order valence-electron chi connectivity index (χ3n) is 2.97. The zero-order valence-electron chi connectivity index (χ0n) is 11.3. The van der Waals surface area contributed by atoms with E-state index in [2.05, 4.69) is 25.0 Å². The number of rotatable bonds is 3. The molecule has 1 unspecified atom stereocenters. The topological polar surface area (TPSA) is 26.0 Å². The molecule has 0 bridgehead atoms. The van der Waals surface area contributed by atoms with Crippen LogP contribution in [0.2, 0.25) is 0 Å². The Morgan fingerprint density at radius 1 is 0.750 bits per heavy atom. The van der Waals surface area contributed by atoms with Crippen molar-refractivity contribution in [2.75, 3.05) is 0 Å². The summed E-state index contributed by atoms with van der Waals surface area (Å²) in [6.07, 6.45) is 19.1. The molecule has 0 aliphatic heterocycles. The van der Waals surface area contributed by atoms with E-state index in [4.69, 9.17) is 5.73 Å². The van der Waals surface area contributed by atoms with Gasteiger partial charge in [0.15, 0.2) is 0 Å². The molecule has 2 aliphatic rings. The molecule has 1 aromatic rings. The van der Waals surface area contributed by atoms with Crippen LogP contribution >= 0.6 is 0 Å². The summed E-state index contributed by atoms with van der Waals surface area (Å²) in [5.41, 5.74) is 7.36. The van der Waals surface area contributed by atoms with Crippen LogP contribution < -0.4 is 5.73 Å². The Kier molecular flexibility index (Phi) is 9.26. The molecule has 2 fully saturated rings. The van der Waals surface area contributed by atoms with Crippen molar-refractivity contribution < 1.29 is 17.1 Å². The van der Waals surface area contributed by atoms with Gasteiger partial charge in [-0.3, -0.25) is 0 Å². The van der Waals surface area contributed by atoms with Crippen molar-refractivity contribution >= 4 is 0 Å². The molecular formula is C18H19FeN. The second-order valence-corrected chi connectivity index (χ2v) is 4.48. The molecule has 104 valence electrons. The van der Waals surface area contributed by atoms with Crippen LogP contribution in [0.1, 0.15) is 5.56 Å². The molecule has 2 heteroatoms. The van der Waals surface area contributed by atoms with Crippen LogP contribution in [0.3, 0.4) is 0 Å². The summed E-state index contributed by atoms with van der Waals surface area (Å²) in [4.78, 5) is 0. The summed E-state index contributed by atoms with van der Waals surface area (Å²) in [5.74, 6) is 1.22. The molecule has 0 saturated heterocycles. The average Bonchev–Trinajstić information content (AvgIpc) is 3.16. The van der Waals surface area contributed by atoms with Crippen LogP contribution in [0.15, 0.2) is 30.3 Å². The predicted molar refractivity (Wildman–Crippen MR) is 80.1 cm³/mol.